The third-order valence-electron chi connectivity index (χ3n) is 3.40. The summed E-state index contributed by atoms with van der Waals surface area (Å²) in [4.78, 5) is 21.4. The molecule has 0 unspecified atom stereocenters. The van der Waals surface area contributed by atoms with E-state index in [0.717, 1.165) is 10.9 Å². The van der Waals surface area contributed by atoms with Crippen molar-refractivity contribution in [2.24, 2.45) is 0 Å². The van der Waals surface area contributed by atoms with E-state index >= 15 is 0 Å². The van der Waals surface area contributed by atoms with E-state index in [1.54, 1.807) is 6.20 Å². The van der Waals surface area contributed by atoms with Crippen molar-refractivity contribution in [1.82, 2.24) is 14.5 Å². The quantitative estimate of drug-likeness (QED) is 0.590. The maximum absolute atomic E-state index is 12.8. The fourth-order valence-electron chi connectivity index (χ4n) is 2.37. The maximum atomic E-state index is 12.8. The Morgan fingerprint density at radius 2 is 2.05 bits per heavy atom. The molecule has 0 aliphatic rings. The molecule has 0 saturated heterocycles. The summed E-state index contributed by atoms with van der Waals surface area (Å²) in [6.07, 6.45) is 3.60. The molecule has 112 valence electrons. The Balaban J connectivity index is 2.32. The molecule has 1 N–H and O–H groups in total. The summed E-state index contributed by atoms with van der Waals surface area (Å²) >= 11 is 1.42. The van der Waals surface area contributed by atoms with Crippen LogP contribution in [0.4, 0.5) is 0 Å². The SMILES string of the molecule is CSc1ncc2cc(-c3ccccc3)c(=O)n(CCO)c2n1. The molecule has 22 heavy (non-hydrogen) atoms. The molecule has 0 aliphatic heterocycles. The van der Waals surface area contributed by atoms with Crippen molar-refractivity contribution in [3.05, 3.63) is 52.9 Å². The normalized spacial score (nSPS) is 11.0. The zero-order chi connectivity index (χ0) is 15.5. The lowest BCUT2D eigenvalue weighted by Gasteiger charge is -2.11. The van der Waals surface area contributed by atoms with E-state index in [1.165, 1.54) is 16.3 Å². The number of pyridine rings is 1. The predicted molar refractivity (Wildman–Crippen MR) is 88.1 cm³/mol. The van der Waals surface area contributed by atoms with Crippen LogP contribution >= 0.6 is 11.8 Å². The second-order valence-electron chi connectivity index (χ2n) is 4.74. The lowest BCUT2D eigenvalue weighted by Crippen LogP contribution is -2.24. The Bertz CT molecular complexity index is 862. The number of aromatic nitrogens is 3. The van der Waals surface area contributed by atoms with Crippen molar-refractivity contribution in [3.63, 3.8) is 0 Å². The Labute approximate surface area is 131 Å². The van der Waals surface area contributed by atoms with E-state index in [2.05, 4.69) is 9.97 Å². The molecule has 0 saturated carbocycles. The van der Waals surface area contributed by atoms with Crippen molar-refractivity contribution in [1.29, 1.82) is 0 Å². The van der Waals surface area contributed by atoms with Crippen molar-refractivity contribution < 1.29 is 5.11 Å². The van der Waals surface area contributed by atoms with Crippen molar-refractivity contribution in [2.75, 3.05) is 12.9 Å². The first-order valence-electron chi connectivity index (χ1n) is 6.85. The van der Waals surface area contributed by atoms with Gasteiger partial charge in [-0.05, 0) is 17.9 Å². The highest BCUT2D eigenvalue weighted by Gasteiger charge is 2.12. The summed E-state index contributed by atoms with van der Waals surface area (Å²) in [6.45, 7) is 0.0900. The number of fused-ring (bicyclic) bond motifs is 1. The van der Waals surface area contributed by atoms with Gasteiger partial charge >= 0.3 is 0 Å². The van der Waals surface area contributed by atoms with Gasteiger partial charge in [0.2, 0.25) is 0 Å². The van der Waals surface area contributed by atoms with Gasteiger partial charge in [0, 0.05) is 17.1 Å². The third kappa shape index (κ3) is 2.63. The number of aliphatic hydroxyl groups excluding tert-OH is 1. The molecule has 0 aliphatic carbocycles. The number of thioether (sulfide) groups is 1. The molecule has 0 spiro atoms. The van der Waals surface area contributed by atoms with Gasteiger partial charge in [0.15, 0.2) is 5.16 Å². The third-order valence-corrected chi connectivity index (χ3v) is 3.96. The van der Waals surface area contributed by atoms with E-state index in [-0.39, 0.29) is 18.7 Å². The van der Waals surface area contributed by atoms with E-state index < -0.39 is 0 Å². The molecule has 5 nitrogen and oxygen atoms in total. The fraction of sp³-hybridized carbons (Fsp3) is 0.188. The molecular weight excluding hydrogens is 298 g/mol. The monoisotopic (exact) mass is 313 g/mol. The number of aliphatic hydroxyl groups is 1. The van der Waals surface area contributed by atoms with E-state index in [1.807, 2.05) is 42.7 Å². The molecule has 3 rings (SSSR count). The van der Waals surface area contributed by atoms with Gasteiger partial charge in [-0.3, -0.25) is 9.36 Å². The standard InChI is InChI=1S/C16H15N3O2S/c1-22-16-17-10-12-9-13(11-5-3-2-4-6-11)15(21)19(7-8-20)14(12)18-16/h2-6,9-10,20H,7-8H2,1H3. The highest BCUT2D eigenvalue weighted by molar-refractivity contribution is 7.98. The van der Waals surface area contributed by atoms with Crippen LogP contribution in [-0.4, -0.2) is 32.5 Å². The number of nitrogens with zero attached hydrogens (tertiary/aromatic N) is 3. The number of hydrogen-bond acceptors (Lipinski definition) is 5. The van der Waals surface area contributed by atoms with Crippen LogP contribution in [0, 0.1) is 0 Å². The number of rotatable bonds is 4. The molecule has 3 aromatic rings. The van der Waals surface area contributed by atoms with Crippen molar-refractivity contribution in [2.45, 2.75) is 11.7 Å². The zero-order valence-electron chi connectivity index (χ0n) is 12.1. The van der Waals surface area contributed by atoms with Crippen LogP contribution in [0.5, 0.6) is 0 Å². The second-order valence-corrected chi connectivity index (χ2v) is 5.51. The molecule has 0 radical (unpaired) electrons. The van der Waals surface area contributed by atoms with Crippen LogP contribution in [0.2, 0.25) is 0 Å². The molecule has 2 aromatic heterocycles. The first-order valence-corrected chi connectivity index (χ1v) is 8.08. The summed E-state index contributed by atoms with van der Waals surface area (Å²) in [7, 11) is 0. The second kappa shape index (κ2) is 6.29. The van der Waals surface area contributed by atoms with Crippen LogP contribution in [-0.2, 0) is 6.54 Å². The molecule has 0 amide bonds. The highest BCUT2D eigenvalue weighted by atomic mass is 32.2. The van der Waals surface area contributed by atoms with Gasteiger partial charge in [-0.2, -0.15) is 0 Å². The van der Waals surface area contributed by atoms with Gasteiger partial charge in [0.25, 0.3) is 5.56 Å². The average molecular weight is 313 g/mol. The van der Waals surface area contributed by atoms with Crippen LogP contribution in [0.1, 0.15) is 0 Å². The number of benzene rings is 1. The minimum atomic E-state index is -0.154. The summed E-state index contributed by atoms with van der Waals surface area (Å²) in [5.74, 6) is 0. The summed E-state index contributed by atoms with van der Waals surface area (Å²) in [5, 5.41) is 10.7. The largest absolute Gasteiger partial charge is 0.395 e. The molecule has 2 heterocycles. The van der Waals surface area contributed by atoms with Crippen LogP contribution in [0.25, 0.3) is 22.2 Å². The maximum Gasteiger partial charge on any atom is 0.260 e. The van der Waals surface area contributed by atoms with Gasteiger partial charge in [-0.25, -0.2) is 9.97 Å². The lowest BCUT2D eigenvalue weighted by atomic mass is 10.1. The first-order chi connectivity index (χ1) is 10.7. The van der Waals surface area contributed by atoms with E-state index in [9.17, 15) is 9.90 Å². The summed E-state index contributed by atoms with van der Waals surface area (Å²) in [6, 6.07) is 11.3. The van der Waals surface area contributed by atoms with E-state index in [4.69, 9.17) is 0 Å². The zero-order valence-corrected chi connectivity index (χ0v) is 12.9. The molecule has 6 heteroatoms. The van der Waals surface area contributed by atoms with Crippen LogP contribution in [0.15, 0.2) is 52.5 Å². The van der Waals surface area contributed by atoms with Gasteiger partial charge in [-0.15, -0.1) is 0 Å². The smallest absolute Gasteiger partial charge is 0.260 e. The summed E-state index contributed by atoms with van der Waals surface area (Å²) < 4.78 is 1.51. The topological polar surface area (TPSA) is 68.0 Å². The van der Waals surface area contributed by atoms with Crippen molar-refractivity contribution >= 4 is 22.8 Å². The summed E-state index contributed by atoms with van der Waals surface area (Å²) in [5.41, 5.74) is 1.83. The molecule has 0 atom stereocenters. The van der Waals surface area contributed by atoms with Gasteiger partial charge in [-0.1, -0.05) is 42.1 Å². The van der Waals surface area contributed by atoms with Gasteiger partial charge < -0.3 is 5.11 Å². The fourth-order valence-corrected chi connectivity index (χ4v) is 2.71. The highest BCUT2D eigenvalue weighted by Crippen LogP contribution is 2.21. The van der Waals surface area contributed by atoms with Crippen LogP contribution < -0.4 is 5.56 Å². The Morgan fingerprint density at radius 3 is 2.73 bits per heavy atom. The van der Waals surface area contributed by atoms with Gasteiger partial charge in [0.1, 0.15) is 5.65 Å². The average Bonchev–Trinajstić information content (AvgIpc) is 2.57. The minimum absolute atomic E-state index is 0.119. The predicted octanol–water partition coefficient (Wildman–Crippen LogP) is 2.17. The van der Waals surface area contributed by atoms with E-state index in [0.29, 0.717) is 16.4 Å². The molecule has 0 fully saturated rings. The Morgan fingerprint density at radius 1 is 1.27 bits per heavy atom. The Hall–Kier alpha value is -2.18. The van der Waals surface area contributed by atoms with Crippen molar-refractivity contribution in [3.8, 4) is 11.1 Å². The molecular formula is C16H15N3O2S. The molecule has 1 aromatic carbocycles. The molecule has 0 bridgehead atoms. The van der Waals surface area contributed by atoms with Gasteiger partial charge in [0.05, 0.1) is 13.2 Å². The number of hydrogen-bond donors (Lipinski definition) is 1. The first kappa shape index (κ1) is 14.7. The lowest BCUT2D eigenvalue weighted by molar-refractivity contribution is 0.276. The van der Waals surface area contributed by atoms with Crippen LogP contribution in [0.3, 0.4) is 0 Å². The Kier molecular flexibility index (Phi) is 4.22. The minimum Gasteiger partial charge on any atom is -0.395 e.